The second-order valence-electron chi connectivity index (χ2n) is 4.28. The second kappa shape index (κ2) is 4.21. The summed E-state index contributed by atoms with van der Waals surface area (Å²) in [5.74, 6) is 0.735. The Morgan fingerprint density at radius 2 is 1.88 bits per heavy atom. The first-order chi connectivity index (χ1) is 8.33. The van der Waals surface area contributed by atoms with E-state index >= 15 is 0 Å². The van der Waals surface area contributed by atoms with E-state index in [1.807, 2.05) is 18.2 Å². The molecule has 1 aliphatic heterocycles. The van der Waals surface area contributed by atoms with Crippen LogP contribution in [-0.2, 0) is 6.42 Å². The summed E-state index contributed by atoms with van der Waals surface area (Å²) in [6.07, 6.45) is 2.14. The average Bonchev–Trinajstić information content (AvgIpc) is 2.38. The number of fused-ring (bicyclic) bond motifs is 1. The van der Waals surface area contributed by atoms with Gasteiger partial charge >= 0.3 is 0 Å². The maximum absolute atomic E-state index is 13.2. The van der Waals surface area contributed by atoms with Crippen LogP contribution >= 0.6 is 0 Å². The lowest BCUT2D eigenvalue weighted by molar-refractivity contribution is 0.288. The van der Waals surface area contributed by atoms with Crippen LogP contribution in [0.5, 0.6) is 5.75 Å². The zero-order valence-electron chi connectivity index (χ0n) is 9.45. The van der Waals surface area contributed by atoms with Crippen LogP contribution in [0.25, 0.3) is 11.1 Å². The molecule has 0 saturated carbocycles. The number of hydrogen-bond donors (Lipinski definition) is 0. The van der Waals surface area contributed by atoms with Gasteiger partial charge < -0.3 is 4.74 Å². The van der Waals surface area contributed by atoms with Crippen molar-refractivity contribution in [3.05, 3.63) is 53.8 Å². The highest BCUT2D eigenvalue weighted by Gasteiger charge is 2.11. The van der Waals surface area contributed by atoms with Crippen LogP contribution in [-0.4, -0.2) is 6.61 Å². The highest BCUT2D eigenvalue weighted by Crippen LogP contribution is 2.30. The first kappa shape index (κ1) is 10.3. The minimum Gasteiger partial charge on any atom is -0.493 e. The molecule has 2 aromatic rings. The first-order valence-corrected chi connectivity index (χ1v) is 5.84. The summed E-state index contributed by atoms with van der Waals surface area (Å²) in [6, 6.07) is 12.8. The van der Waals surface area contributed by atoms with Gasteiger partial charge in [-0.15, -0.1) is 0 Å². The number of halogens is 1. The minimum atomic E-state index is -0.207. The molecule has 1 heterocycles. The normalized spacial score (nSPS) is 13.9. The predicted octanol–water partition coefficient (Wildman–Crippen LogP) is 3.82. The van der Waals surface area contributed by atoms with Crippen LogP contribution in [0.2, 0.25) is 0 Å². The van der Waals surface area contributed by atoms with E-state index in [4.69, 9.17) is 4.74 Å². The zero-order valence-corrected chi connectivity index (χ0v) is 9.45. The molecule has 0 fully saturated rings. The second-order valence-corrected chi connectivity index (χ2v) is 4.28. The Morgan fingerprint density at radius 3 is 2.76 bits per heavy atom. The van der Waals surface area contributed by atoms with Gasteiger partial charge in [-0.25, -0.2) is 4.39 Å². The molecule has 0 saturated heterocycles. The summed E-state index contributed by atoms with van der Waals surface area (Å²) >= 11 is 0. The molecule has 0 N–H and O–H groups in total. The summed E-state index contributed by atoms with van der Waals surface area (Å²) in [4.78, 5) is 0. The fraction of sp³-hybridized carbons (Fsp3) is 0.200. The van der Waals surface area contributed by atoms with Crippen LogP contribution < -0.4 is 4.74 Å². The van der Waals surface area contributed by atoms with E-state index < -0.39 is 0 Å². The SMILES string of the molecule is Fc1cccc(-c2ccc3c(c2)OCCC3)c1. The molecule has 0 atom stereocenters. The summed E-state index contributed by atoms with van der Waals surface area (Å²) in [7, 11) is 0. The van der Waals surface area contributed by atoms with E-state index in [0.717, 1.165) is 36.3 Å². The lowest BCUT2D eigenvalue weighted by atomic mass is 10.00. The molecule has 2 aromatic carbocycles. The standard InChI is InChI=1S/C15H13FO/c16-14-5-1-3-12(9-14)13-7-6-11-4-2-8-17-15(11)10-13/h1,3,5-7,9-10H,2,4,8H2. The largest absolute Gasteiger partial charge is 0.493 e. The molecule has 0 aliphatic carbocycles. The van der Waals surface area contributed by atoms with Crippen LogP contribution in [0.1, 0.15) is 12.0 Å². The molecular weight excluding hydrogens is 215 g/mol. The summed E-state index contributed by atoms with van der Waals surface area (Å²) < 4.78 is 18.8. The quantitative estimate of drug-likeness (QED) is 0.721. The fourth-order valence-electron chi connectivity index (χ4n) is 2.19. The maximum Gasteiger partial charge on any atom is 0.123 e. The van der Waals surface area contributed by atoms with Crippen LogP contribution in [0.3, 0.4) is 0 Å². The number of benzene rings is 2. The van der Waals surface area contributed by atoms with E-state index in [1.54, 1.807) is 12.1 Å². The molecule has 2 heteroatoms. The molecule has 1 aliphatic rings. The molecule has 0 spiro atoms. The van der Waals surface area contributed by atoms with Gasteiger partial charge in [0.05, 0.1) is 6.61 Å². The maximum atomic E-state index is 13.2. The number of aryl methyl sites for hydroxylation is 1. The topological polar surface area (TPSA) is 9.23 Å². The van der Waals surface area contributed by atoms with Gasteiger partial charge in [0.25, 0.3) is 0 Å². The lowest BCUT2D eigenvalue weighted by Crippen LogP contribution is -2.07. The van der Waals surface area contributed by atoms with Crippen LogP contribution in [0, 0.1) is 5.82 Å². The van der Waals surface area contributed by atoms with Gasteiger partial charge in [0, 0.05) is 0 Å². The van der Waals surface area contributed by atoms with Crippen molar-refractivity contribution in [2.45, 2.75) is 12.8 Å². The van der Waals surface area contributed by atoms with Crippen LogP contribution in [0.4, 0.5) is 4.39 Å². The Morgan fingerprint density at radius 1 is 1.00 bits per heavy atom. The Labute approximate surface area is 99.9 Å². The van der Waals surface area contributed by atoms with Gasteiger partial charge in [-0.05, 0) is 47.7 Å². The summed E-state index contributed by atoms with van der Waals surface area (Å²) in [6.45, 7) is 0.777. The first-order valence-electron chi connectivity index (χ1n) is 5.84. The molecule has 3 rings (SSSR count). The van der Waals surface area contributed by atoms with Crippen molar-refractivity contribution < 1.29 is 9.13 Å². The molecule has 0 radical (unpaired) electrons. The monoisotopic (exact) mass is 228 g/mol. The van der Waals surface area contributed by atoms with Gasteiger partial charge in [0.1, 0.15) is 11.6 Å². The Hall–Kier alpha value is -1.83. The molecule has 1 nitrogen and oxygen atoms in total. The number of rotatable bonds is 1. The Balaban J connectivity index is 2.04. The minimum absolute atomic E-state index is 0.207. The Bertz CT molecular complexity index is 548. The molecule has 0 aromatic heterocycles. The molecule has 0 unspecified atom stereocenters. The van der Waals surface area contributed by atoms with Crippen molar-refractivity contribution in [3.63, 3.8) is 0 Å². The summed E-state index contributed by atoms with van der Waals surface area (Å²) in [5, 5.41) is 0. The highest BCUT2D eigenvalue weighted by molar-refractivity contribution is 5.66. The van der Waals surface area contributed by atoms with Crippen molar-refractivity contribution in [3.8, 4) is 16.9 Å². The zero-order chi connectivity index (χ0) is 11.7. The van der Waals surface area contributed by atoms with E-state index in [9.17, 15) is 4.39 Å². The molecule has 0 amide bonds. The van der Waals surface area contributed by atoms with Gasteiger partial charge in [-0.3, -0.25) is 0 Å². The molecule has 0 bridgehead atoms. The predicted molar refractivity (Wildman–Crippen MR) is 65.7 cm³/mol. The van der Waals surface area contributed by atoms with Gasteiger partial charge in [0.15, 0.2) is 0 Å². The number of ether oxygens (including phenoxy) is 1. The van der Waals surface area contributed by atoms with E-state index in [-0.39, 0.29) is 5.82 Å². The molecule has 17 heavy (non-hydrogen) atoms. The lowest BCUT2D eigenvalue weighted by Gasteiger charge is -2.18. The van der Waals surface area contributed by atoms with Crippen molar-refractivity contribution >= 4 is 0 Å². The molecule has 86 valence electrons. The van der Waals surface area contributed by atoms with Crippen molar-refractivity contribution in [1.29, 1.82) is 0 Å². The van der Waals surface area contributed by atoms with Gasteiger partial charge in [0.2, 0.25) is 0 Å². The van der Waals surface area contributed by atoms with E-state index in [1.165, 1.54) is 11.6 Å². The highest BCUT2D eigenvalue weighted by atomic mass is 19.1. The number of hydrogen-bond acceptors (Lipinski definition) is 1. The Kier molecular flexibility index (Phi) is 2.56. The van der Waals surface area contributed by atoms with Crippen molar-refractivity contribution in [1.82, 2.24) is 0 Å². The van der Waals surface area contributed by atoms with Crippen LogP contribution in [0.15, 0.2) is 42.5 Å². The average molecular weight is 228 g/mol. The third-order valence-electron chi connectivity index (χ3n) is 3.07. The summed E-state index contributed by atoms with van der Waals surface area (Å²) in [5.41, 5.74) is 3.14. The fourth-order valence-corrected chi connectivity index (χ4v) is 2.19. The van der Waals surface area contributed by atoms with Crippen molar-refractivity contribution in [2.24, 2.45) is 0 Å². The van der Waals surface area contributed by atoms with E-state index in [0.29, 0.717) is 0 Å². The van der Waals surface area contributed by atoms with Crippen molar-refractivity contribution in [2.75, 3.05) is 6.61 Å². The third-order valence-corrected chi connectivity index (χ3v) is 3.07. The third kappa shape index (κ3) is 2.03. The van der Waals surface area contributed by atoms with Gasteiger partial charge in [-0.2, -0.15) is 0 Å². The smallest absolute Gasteiger partial charge is 0.123 e. The van der Waals surface area contributed by atoms with Gasteiger partial charge in [-0.1, -0.05) is 24.3 Å². The van der Waals surface area contributed by atoms with E-state index in [2.05, 4.69) is 6.07 Å². The molecular formula is C15H13FO.